The molecule has 1 aromatic heterocycles. The standard InChI is InChI=1S/C17H21BrN2O/c1-3-8-19-11-14-6-7-15(16(18)10-14)12-21-17-5-4-9-20-13(17)2/h4-7,9-10,19H,3,8,11-12H2,1-2H3. The number of aromatic nitrogens is 1. The highest BCUT2D eigenvalue weighted by Gasteiger charge is 2.04. The zero-order valence-corrected chi connectivity index (χ0v) is 14.1. The van der Waals surface area contributed by atoms with Gasteiger partial charge < -0.3 is 10.1 Å². The highest BCUT2D eigenvalue weighted by molar-refractivity contribution is 9.10. The van der Waals surface area contributed by atoms with Crippen molar-refractivity contribution in [3.8, 4) is 5.75 Å². The van der Waals surface area contributed by atoms with E-state index in [1.807, 2.05) is 19.1 Å². The number of hydrogen-bond acceptors (Lipinski definition) is 3. The summed E-state index contributed by atoms with van der Waals surface area (Å²) in [5.41, 5.74) is 3.32. The normalized spacial score (nSPS) is 10.6. The topological polar surface area (TPSA) is 34.1 Å². The summed E-state index contributed by atoms with van der Waals surface area (Å²) in [5.74, 6) is 0.832. The third-order valence-electron chi connectivity index (χ3n) is 3.21. The fraction of sp³-hybridized carbons (Fsp3) is 0.353. The van der Waals surface area contributed by atoms with Crippen LogP contribution in [0.15, 0.2) is 41.0 Å². The Balaban J connectivity index is 1.96. The minimum absolute atomic E-state index is 0.537. The molecule has 0 aliphatic heterocycles. The van der Waals surface area contributed by atoms with Crippen molar-refractivity contribution in [2.75, 3.05) is 6.54 Å². The van der Waals surface area contributed by atoms with Gasteiger partial charge >= 0.3 is 0 Å². The van der Waals surface area contributed by atoms with E-state index >= 15 is 0 Å². The Bertz CT molecular complexity index is 587. The van der Waals surface area contributed by atoms with Crippen LogP contribution in [0.1, 0.15) is 30.2 Å². The first kappa shape index (κ1) is 16.0. The fourth-order valence-corrected chi connectivity index (χ4v) is 2.55. The second kappa shape index (κ2) is 8.15. The Kier molecular flexibility index (Phi) is 6.21. The third kappa shape index (κ3) is 4.83. The van der Waals surface area contributed by atoms with E-state index < -0.39 is 0 Å². The van der Waals surface area contributed by atoms with Gasteiger partial charge in [0.15, 0.2) is 0 Å². The first-order valence-corrected chi connectivity index (χ1v) is 8.02. The number of rotatable bonds is 7. The Morgan fingerprint density at radius 1 is 1.29 bits per heavy atom. The summed E-state index contributed by atoms with van der Waals surface area (Å²) in [4.78, 5) is 4.22. The molecule has 2 aromatic rings. The summed E-state index contributed by atoms with van der Waals surface area (Å²) < 4.78 is 6.92. The largest absolute Gasteiger partial charge is 0.487 e. The SMILES string of the molecule is CCCNCc1ccc(COc2cccnc2C)c(Br)c1. The van der Waals surface area contributed by atoms with Crippen molar-refractivity contribution in [1.29, 1.82) is 0 Å². The second-order valence-electron chi connectivity index (χ2n) is 4.98. The second-order valence-corrected chi connectivity index (χ2v) is 5.83. The molecule has 0 amide bonds. The Morgan fingerprint density at radius 3 is 2.86 bits per heavy atom. The van der Waals surface area contributed by atoms with Crippen LogP contribution >= 0.6 is 15.9 Å². The van der Waals surface area contributed by atoms with Crippen LogP contribution in [0.25, 0.3) is 0 Å². The zero-order chi connectivity index (χ0) is 15.1. The summed E-state index contributed by atoms with van der Waals surface area (Å²) in [6, 6.07) is 10.2. The van der Waals surface area contributed by atoms with Gasteiger partial charge in [0.05, 0.1) is 5.69 Å². The van der Waals surface area contributed by atoms with Crippen molar-refractivity contribution in [3.05, 3.63) is 57.8 Å². The molecule has 1 N–H and O–H groups in total. The Labute approximate surface area is 134 Å². The molecule has 2 rings (SSSR count). The van der Waals surface area contributed by atoms with E-state index in [1.165, 1.54) is 5.56 Å². The molecule has 4 heteroatoms. The van der Waals surface area contributed by atoms with Crippen molar-refractivity contribution in [2.45, 2.75) is 33.4 Å². The highest BCUT2D eigenvalue weighted by Crippen LogP contribution is 2.22. The Morgan fingerprint density at radius 2 is 2.14 bits per heavy atom. The van der Waals surface area contributed by atoms with Crippen LogP contribution in [0.3, 0.4) is 0 Å². The summed E-state index contributed by atoms with van der Waals surface area (Å²) in [5, 5.41) is 3.40. The number of nitrogens with zero attached hydrogens (tertiary/aromatic N) is 1. The predicted octanol–water partition coefficient (Wildman–Crippen LogP) is 4.23. The average molecular weight is 349 g/mol. The van der Waals surface area contributed by atoms with Crippen LogP contribution in [0.2, 0.25) is 0 Å². The summed E-state index contributed by atoms with van der Waals surface area (Å²) >= 11 is 3.62. The van der Waals surface area contributed by atoms with Crippen molar-refractivity contribution in [1.82, 2.24) is 10.3 Å². The van der Waals surface area contributed by atoms with Crippen molar-refractivity contribution in [3.63, 3.8) is 0 Å². The van der Waals surface area contributed by atoms with Crippen molar-refractivity contribution >= 4 is 15.9 Å². The molecule has 0 saturated heterocycles. The maximum absolute atomic E-state index is 5.83. The van der Waals surface area contributed by atoms with Gasteiger partial charge in [-0.15, -0.1) is 0 Å². The molecule has 0 aliphatic rings. The number of aryl methyl sites for hydroxylation is 1. The lowest BCUT2D eigenvalue weighted by atomic mass is 10.1. The molecule has 112 valence electrons. The molecule has 0 spiro atoms. The lowest BCUT2D eigenvalue weighted by Crippen LogP contribution is -2.13. The van der Waals surface area contributed by atoms with E-state index in [4.69, 9.17) is 4.74 Å². The van der Waals surface area contributed by atoms with Gasteiger partial charge in [-0.05, 0) is 43.7 Å². The number of nitrogens with one attached hydrogen (secondary N) is 1. The van der Waals surface area contributed by atoms with Gasteiger partial charge in [-0.3, -0.25) is 4.98 Å². The van der Waals surface area contributed by atoms with Crippen LogP contribution in [-0.4, -0.2) is 11.5 Å². The third-order valence-corrected chi connectivity index (χ3v) is 3.95. The number of pyridine rings is 1. The molecule has 0 radical (unpaired) electrons. The smallest absolute Gasteiger partial charge is 0.141 e. The maximum Gasteiger partial charge on any atom is 0.141 e. The van der Waals surface area contributed by atoms with E-state index in [0.717, 1.165) is 41.0 Å². The van der Waals surface area contributed by atoms with Crippen LogP contribution in [-0.2, 0) is 13.2 Å². The van der Waals surface area contributed by atoms with Crippen LogP contribution < -0.4 is 10.1 Å². The predicted molar refractivity (Wildman–Crippen MR) is 89.4 cm³/mol. The molecular weight excluding hydrogens is 328 g/mol. The Hall–Kier alpha value is -1.39. The van der Waals surface area contributed by atoms with Gasteiger partial charge in [0, 0.05) is 22.8 Å². The van der Waals surface area contributed by atoms with Crippen molar-refractivity contribution in [2.24, 2.45) is 0 Å². The molecule has 1 heterocycles. The number of ether oxygens (including phenoxy) is 1. The molecule has 0 saturated carbocycles. The minimum atomic E-state index is 0.537. The highest BCUT2D eigenvalue weighted by atomic mass is 79.9. The molecule has 21 heavy (non-hydrogen) atoms. The number of benzene rings is 1. The minimum Gasteiger partial charge on any atom is -0.487 e. The van der Waals surface area contributed by atoms with Gasteiger partial charge in [0.1, 0.15) is 12.4 Å². The van der Waals surface area contributed by atoms with Gasteiger partial charge in [-0.1, -0.05) is 35.0 Å². The lowest BCUT2D eigenvalue weighted by molar-refractivity contribution is 0.302. The molecule has 0 bridgehead atoms. The molecule has 0 aliphatic carbocycles. The number of halogens is 1. The quantitative estimate of drug-likeness (QED) is 0.760. The van der Waals surface area contributed by atoms with Crippen LogP contribution in [0.5, 0.6) is 5.75 Å². The van der Waals surface area contributed by atoms with E-state index in [1.54, 1.807) is 6.20 Å². The lowest BCUT2D eigenvalue weighted by Gasteiger charge is -2.11. The van der Waals surface area contributed by atoms with E-state index in [9.17, 15) is 0 Å². The number of hydrogen-bond donors (Lipinski definition) is 1. The molecule has 0 unspecified atom stereocenters. The zero-order valence-electron chi connectivity index (χ0n) is 12.5. The van der Waals surface area contributed by atoms with Crippen LogP contribution in [0, 0.1) is 6.92 Å². The van der Waals surface area contributed by atoms with E-state index in [2.05, 4.69) is 51.4 Å². The van der Waals surface area contributed by atoms with Gasteiger partial charge in [0.2, 0.25) is 0 Å². The molecule has 3 nitrogen and oxygen atoms in total. The molecule has 0 fully saturated rings. The summed E-state index contributed by atoms with van der Waals surface area (Å²) in [6.07, 6.45) is 2.92. The maximum atomic E-state index is 5.83. The monoisotopic (exact) mass is 348 g/mol. The van der Waals surface area contributed by atoms with E-state index in [0.29, 0.717) is 6.61 Å². The summed E-state index contributed by atoms with van der Waals surface area (Å²) in [7, 11) is 0. The van der Waals surface area contributed by atoms with Crippen LogP contribution in [0.4, 0.5) is 0 Å². The molecular formula is C17H21BrN2O. The van der Waals surface area contributed by atoms with Gasteiger partial charge in [-0.25, -0.2) is 0 Å². The van der Waals surface area contributed by atoms with Gasteiger partial charge in [-0.2, -0.15) is 0 Å². The van der Waals surface area contributed by atoms with Crippen molar-refractivity contribution < 1.29 is 4.74 Å². The average Bonchev–Trinajstić information content (AvgIpc) is 2.48. The van der Waals surface area contributed by atoms with Gasteiger partial charge in [0.25, 0.3) is 0 Å². The first-order chi connectivity index (χ1) is 10.2. The summed E-state index contributed by atoms with van der Waals surface area (Å²) in [6.45, 7) is 6.60. The molecule has 0 atom stereocenters. The van der Waals surface area contributed by atoms with E-state index in [-0.39, 0.29) is 0 Å². The fourth-order valence-electron chi connectivity index (χ4n) is 2.00. The first-order valence-electron chi connectivity index (χ1n) is 7.23. The molecule has 1 aromatic carbocycles.